The van der Waals surface area contributed by atoms with Gasteiger partial charge in [-0.15, -0.1) is 11.3 Å². The first kappa shape index (κ1) is 13.7. The summed E-state index contributed by atoms with van der Waals surface area (Å²) in [6.07, 6.45) is 0.428. The van der Waals surface area contributed by atoms with Crippen LogP contribution < -0.4 is 5.32 Å². The van der Waals surface area contributed by atoms with Gasteiger partial charge in [-0.1, -0.05) is 29.8 Å². The van der Waals surface area contributed by atoms with E-state index < -0.39 is 0 Å². The molecule has 0 saturated heterocycles. The van der Waals surface area contributed by atoms with Gasteiger partial charge in [0.1, 0.15) is 0 Å². The monoisotopic (exact) mass is 274 g/mol. The van der Waals surface area contributed by atoms with Crippen LogP contribution in [-0.2, 0) is 17.8 Å². The minimum atomic E-state index is 0.0503. The maximum Gasteiger partial charge on any atom is 0.224 e. The summed E-state index contributed by atoms with van der Waals surface area (Å²) in [5.74, 6) is 0.0503. The van der Waals surface area contributed by atoms with Crippen molar-refractivity contribution in [1.29, 1.82) is 0 Å². The highest BCUT2D eigenvalue weighted by Crippen LogP contribution is 2.16. The maximum atomic E-state index is 11.9. The fraction of sp³-hybridized carbons (Fsp3) is 0.333. The van der Waals surface area contributed by atoms with E-state index in [1.54, 1.807) is 11.3 Å². The SMILES string of the molecule is Cc1ccc(CC(=O)NCc2sc(C)nc2C)cc1. The van der Waals surface area contributed by atoms with Crippen molar-refractivity contribution in [2.45, 2.75) is 33.7 Å². The van der Waals surface area contributed by atoms with E-state index >= 15 is 0 Å². The van der Waals surface area contributed by atoms with Crippen LogP contribution in [0.5, 0.6) is 0 Å². The number of nitrogens with zero attached hydrogens (tertiary/aromatic N) is 1. The van der Waals surface area contributed by atoms with Crippen LogP contribution in [0, 0.1) is 20.8 Å². The van der Waals surface area contributed by atoms with Gasteiger partial charge in [0.2, 0.25) is 5.91 Å². The molecule has 100 valence electrons. The predicted molar refractivity (Wildman–Crippen MR) is 78.3 cm³/mol. The molecule has 0 aliphatic carbocycles. The Bertz CT molecular complexity index is 572. The summed E-state index contributed by atoms with van der Waals surface area (Å²) >= 11 is 1.64. The minimum absolute atomic E-state index is 0.0503. The van der Waals surface area contributed by atoms with Gasteiger partial charge in [-0.2, -0.15) is 0 Å². The van der Waals surface area contributed by atoms with Crippen LogP contribution in [-0.4, -0.2) is 10.9 Å². The molecule has 0 saturated carbocycles. The highest BCUT2D eigenvalue weighted by molar-refractivity contribution is 7.11. The first-order valence-electron chi connectivity index (χ1n) is 6.30. The first-order valence-corrected chi connectivity index (χ1v) is 7.11. The van der Waals surface area contributed by atoms with Gasteiger partial charge < -0.3 is 5.32 Å². The summed E-state index contributed by atoms with van der Waals surface area (Å²) in [5, 5.41) is 3.99. The fourth-order valence-electron chi connectivity index (χ4n) is 1.87. The molecule has 2 rings (SSSR count). The molecule has 0 unspecified atom stereocenters. The summed E-state index contributed by atoms with van der Waals surface area (Å²) in [6, 6.07) is 8.05. The normalized spacial score (nSPS) is 10.5. The second-order valence-electron chi connectivity index (χ2n) is 4.68. The zero-order valence-electron chi connectivity index (χ0n) is 11.5. The molecule has 4 heteroatoms. The van der Waals surface area contributed by atoms with Gasteiger partial charge in [0, 0.05) is 4.88 Å². The molecular formula is C15H18N2OS. The second kappa shape index (κ2) is 5.97. The summed E-state index contributed by atoms with van der Waals surface area (Å²) in [5.41, 5.74) is 3.26. The molecule has 0 bridgehead atoms. The molecule has 0 aliphatic heterocycles. The Labute approximate surface area is 117 Å². The standard InChI is InChI=1S/C15H18N2OS/c1-10-4-6-13(7-5-10)8-15(18)16-9-14-11(2)17-12(3)19-14/h4-7H,8-9H2,1-3H3,(H,16,18). The van der Waals surface area contributed by atoms with Crippen LogP contribution in [0.25, 0.3) is 0 Å². The van der Waals surface area contributed by atoms with E-state index in [9.17, 15) is 4.79 Å². The van der Waals surface area contributed by atoms with Crippen LogP contribution in [0.3, 0.4) is 0 Å². The number of amides is 1. The van der Waals surface area contributed by atoms with E-state index in [2.05, 4.69) is 10.3 Å². The lowest BCUT2D eigenvalue weighted by Crippen LogP contribution is -2.24. The average Bonchev–Trinajstić information content (AvgIpc) is 2.68. The molecule has 1 heterocycles. The molecule has 3 nitrogen and oxygen atoms in total. The van der Waals surface area contributed by atoms with Gasteiger partial charge in [0.25, 0.3) is 0 Å². The zero-order valence-corrected chi connectivity index (χ0v) is 12.3. The summed E-state index contributed by atoms with van der Waals surface area (Å²) in [6.45, 7) is 6.57. The maximum absolute atomic E-state index is 11.9. The van der Waals surface area contributed by atoms with Crippen molar-refractivity contribution < 1.29 is 4.79 Å². The van der Waals surface area contributed by atoms with E-state index in [4.69, 9.17) is 0 Å². The number of carbonyl (C=O) groups is 1. The lowest BCUT2D eigenvalue weighted by atomic mass is 10.1. The highest BCUT2D eigenvalue weighted by Gasteiger charge is 2.07. The van der Waals surface area contributed by atoms with Crippen LogP contribution in [0.4, 0.5) is 0 Å². The number of hydrogen-bond donors (Lipinski definition) is 1. The quantitative estimate of drug-likeness (QED) is 0.931. The summed E-state index contributed by atoms with van der Waals surface area (Å²) in [4.78, 5) is 17.3. The van der Waals surface area contributed by atoms with Crippen molar-refractivity contribution in [3.8, 4) is 0 Å². The van der Waals surface area contributed by atoms with E-state index in [0.717, 1.165) is 21.1 Å². The van der Waals surface area contributed by atoms with Gasteiger partial charge in [-0.05, 0) is 26.3 Å². The number of carbonyl (C=O) groups excluding carboxylic acids is 1. The van der Waals surface area contributed by atoms with Crippen LogP contribution >= 0.6 is 11.3 Å². The van der Waals surface area contributed by atoms with Gasteiger partial charge >= 0.3 is 0 Å². The first-order chi connectivity index (χ1) is 9.04. The number of benzene rings is 1. The van der Waals surface area contributed by atoms with Gasteiger partial charge in [-0.25, -0.2) is 4.98 Å². The van der Waals surface area contributed by atoms with Gasteiger partial charge in [0.05, 0.1) is 23.7 Å². The van der Waals surface area contributed by atoms with Crippen molar-refractivity contribution in [3.05, 3.63) is 51.0 Å². The number of hydrogen-bond acceptors (Lipinski definition) is 3. The molecule has 19 heavy (non-hydrogen) atoms. The fourth-order valence-corrected chi connectivity index (χ4v) is 2.75. The van der Waals surface area contributed by atoms with Crippen molar-refractivity contribution >= 4 is 17.2 Å². The minimum Gasteiger partial charge on any atom is -0.351 e. The van der Waals surface area contributed by atoms with Crippen molar-refractivity contribution in [1.82, 2.24) is 10.3 Å². The Morgan fingerprint density at radius 3 is 2.47 bits per heavy atom. The molecule has 0 atom stereocenters. The molecule has 0 radical (unpaired) electrons. The molecule has 1 N–H and O–H groups in total. The summed E-state index contributed by atoms with van der Waals surface area (Å²) < 4.78 is 0. The molecule has 2 aromatic rings. The number of thiazole rings is 1. The Morgan fingerprint density at radius 2 is 1.89 bits per heavy atom. The molecule has 0 spiro atoms. The average molecular weight is 274 g/mol. The lowest BCUT2D eigenvalue weighted by Gasteiger charge is -2.04. The molecule has 0 fully saturated rings. The zero-order chi connectivity index (χ0) is 13.8. The van der Waals surface area contributed by atoms with Gasteiger partial charge in [0.15, 0.2) is 0 Å². The smallest absolute Gasteiger partial charge is 0.224 e. The lowest BCUT2D eigenvalue weighted by molar-refractivity contribution is -0.120. The van der Waals surface area contributed by atoms with Crippen molar-refractivity contribution in [2.75, 3.05) is 0 Å². The number of aromatic nitrogens is 1. The molecule has 1 aromatic heterocycles. The van der Waals surface area contributed by atoms with Crippen LogP contribution in [0.2, 0.25) is 0 Å². The largest absolute Gasteiger partial charge is 0.351 e. The highest BCUT2D eigenvalue weighted by atomic mass is 32.1. The number of aryl methyl sites for hydroxylation is 3. The van der Waals surface area contributed by atoms with E-state index in [-0.39, 0.29) is 5.91 Å². The number of rotatable bonds is 4. The van der Waals surface area contributed by atoms with Crippen LogP contribution in [0.1, 0.15) is 26.7 Å². The van der Waals surface area contributed by atoms with E-state index in [1.807, 2.05) is 45.0 Å². The predicted octanol–water partition coefficient (Wildman–Crippen LogP) is 2.93. The van der Waals surface area contributed by atoms with Crippen molar-refractivity contribution in [2.24, 2.45) is 0 Å². The van der Waals surface area contributed by atoms with E-state index in [1.165, 1.54) is 5.56 Å². The topological polar surface area (TPSA) is 42.0 Å². The second-order valence-corrected chi connectivity index (χ2v) is 5.97. The molecule has 0 aliphatic rings. The number of nitrogens with one attached hydrogen (secondary N) is 1. The third-order valence-corrected chi connectivity index (χ3v) is 4.00. The Hall–Kier alpha value is -1.68. The third-order valence-electron chi connectivity index (χ3n) is 2.93. The van der Waals surface area contributed by atoms with Crippen molar-refractivity contribution in [3.63, 3.8) is 0 Å². The van der Waals surface area contributed by atoms with Crippen LogP contribution in [0.15, 0.2) is 24.3 Å². The van der Waals surface area contributed by atoms with E-state index in [0.29, 0.717) is 13.0 Å². The molecular weight excluding hydrogens is 256 g/mol. The molecule has 1 amide bonds. The summed E-state index contributed by atoms with van der Waals surface area (Å²) in [7, 11) is 0. The molecule has 1 aromatic carbocycles. The Kier molecular flexibility index (Phi) is 4.32. The van der Waals surface area contributed by atoms with Gasteiger partial charge in [-0.3, -0.25) is 4.79 Å². The Balaban J connectivity index is 1.88. The Morgan fingerprint density at radius 1 is 1.21 bits per heavy atom. The third kappa shape index (κ3) is 3.89.